The van der Waals surface area contributed by atoms with E-state index in [1.165, 1.54) is 30.3 Å². The lowest BCUT2D eigenvalue weighted by molar-refractivity contribution is -0.386. The SMILES string of the molecule is COc1cc(C=C2C(=O)N(c3ccc(I)cc3)N=C2C)cc([N+](=O)[O-])c1O. The van der Waals surface area contributed by atoms with Crippen LogP contribution < -0.4 is 9.75 Å². The third kappa shape index (κ3) is 3.63. The van der Waals surface area contributed by atoms with Crippen molar-refractivity contribution in [1.82, 2.24) is 0 Å². The van der Waals surface area contributed by atoms with Crippen molar-refractivity contribution in [3.05, 3.63) is 61.2 Å². The van der Waals surface area contributed by atoms with Gasteiger partial charge in [0.2, 0.25) is 5.75 Å². The number of amides is 1. The quantitative estimate of drug-likeness (QED) is 0.312. The molecule has 2 aromatic rings. The molecule has 138 valence electrons. The summed E-state index contributed by atoms with van der Waals surface area (Å²) in [6.07, 6.45) is 1.49. The summed E-state index contributed by atoms with van der Waals surface area (Å²) in [5.74, 6) is -0.956. The van der Waals surface area contributed by atoms with Crippen molar-refractivity contribution in [2.75, 3.05) is 12.1 Å². The topological polar surface area (TPSA) is 105 Å². The molecule has 9 heteroatoms. The van der Waals surface area contributed by atoms with Crippen LogP contribution in [0.4, 0.5) is 11.4 Å². The summed E-state index contributed by atoms with van der Waals surface area (Å²) in [5.41, 5.74) is 1.25. The van der Waals surface area contributed by atoms with E-state index in [9.17, 15) is 20.0 Å². The molecule has 0 unspecified atom stereocenters. The van der Waals surface area contributed by atoms with Gasteiger partial charge in [0.05, 0.1) is 29.0 Å². The highest BCUT2D eigenvalue weighted by Gasteiger charge is 2.29. The summed E-state index contributed by atoms with van der Waals surface area (Å²) in [4.78, 5) is 23.2. The predicted octanol–water partition coefficient (Wildman–Crippen LogP) is 3.72. The molecule has 8 nitrogen and oxygen atoms in total. The molecule has 0 spiro atoms. The molecule has 0 bridgehead atoms. The fraction of sp³-hybridized carbons (Fsp3) is 0.111. The number of hydrogen-bond acceptors (Lipinski definition) is 6. The highest BCUT2D eigenvalue weighted by atomic mass is 127. The molecular formula is C18H14IN3O5. The van der Waals surface area contributed by atoms with E-state index in [1.807, 2.05) is 12.1 Å². The van der Waals surface area contributed by atoms with Crippen LogP contribution in [0.15, 0.2) is 47.1 Å². The van der Waals surface area contributed by atoms with E-state index in [4.69, 9.17) is 4.74 Å². The number of hydrazone groups is 1. The third-order valence-corrected chi connectivity index (χ3v) is 4.66. The van der Waals surface area contributed by atoms with Crippen molar-refractivity contribution in [2.45, 2.75) is 6.92 Å². The number of anilines is 1. The van der Waals surface area contributed by atoms with Gasteiger partial charge in [0.15, 0.2) is 5.75 Å². The summed E-state index contributed by atoms with van der Waals surface area (Å²) in [7, 11) is 1.29. The molecule has 0 radical (unpaired) electrons. The highest BCUT2D eigenvalue weighted by molar-refractivity contribution is 14.1. The second-order valence-corrected chi connectivity index (χ2v) is 6.93. The third-order valence-electron chi connectivity index (χ3n) is 3.94. The Morgan fingerprint density at radius 3 is 2.56 bits per heavy atom. The van der Waals surface area contributed by atoms with Gasteiger partial charge in [-0.2, -0.15) is 10.1 Å². The Morgan fingerprint density at radius 1 is 1.30 bits per heavy atom. The van der Waals surface area contributed by atoms with Crippen LogP contribution in [0.25, 0.3) is 6.08 Å². The number of halogens is 1. The Bertz CT molecular complexity index is 999. The first kappa shape index (κ1) is 18.8. The van der Waals surface area contributed by atoms with Crippen molar-refractivity contribution < 1.29 is 19.6 Å². The first-order chi connectivity index (χ1) is 12.8. The molecule has 0 atom stereocenters. The lowest BCUT2D eigenvalue weighted by Gasteiger charge is -2.11. The van der Waals surface area contributed by atoms with Gasteiger partial charge in [-0.3, -0.25) is 14.9 Å². The van der Waals surface area contributed by atoms with Gasteiger partial charge in [-0.25, -0.2) is 0 Å². The Hall–Kier alpha value is -2.95. The highest BCUT2D eigenvalue weighted by Crippen LogP contribution is 2.38. The molecule has 0 saturated carbocycles. The van der Waals surface area contributed by atoms with Crippen molar-refractivity contribution in [1.29, 1.82) is 0 Å². The lowest BCUT2D eigenvalue weighted by Crippen LogP contribution is -2.21. The lowest BCUT2D eigenvalue weighted by atomic mass is 10.1. The van der Waals surface area contributed by atoms with Crippen molar-refractivity contribution >= 4 is 51.7 Å². The number of phenolic OH excluding ortho intramolecular Hbond substituents is 1. The molecule has 2 aromatic carbocycles. The van der Waals surface area contributed by atoms with Gasteiger partial charge < -0.3 is 9.84 Å². The number of hydrogen-bond donors (Lipinski definition) is 1. The van der Waals surface area contributed by atoms with Gasteiger partial charge in [0.1, 0.15) is 0 Å². The summed E-state index contributed by atoms with van der Waals surface area (Å²) in [6, 6.07) is 9.90. The van der Waals surface area contributed by atoms with Gasteiger partial charge in [0, 0.05) is 9.64 Å². The maximum Gasteiger partial charge on any atom is 0.315 e. The number of nitro groups is 1. The molecule has 0 aliphatic carbocycles. The number of nitro benzene ring substituents is 1. The number of nitrogens with zero attached hydrogens (tertiary/aromatic N) is 3. The largest absolute Gasteiger partial charge is 0.500 e. The van der Waals surface area contributed by atoms with Crippen LogP contribution in [-0.2, 0) is 4.79 Å². The van der Waals surface area contributed by atoms with Crippen molar-refractivity contribution in [2.24, 2.45) is 5.10 Å². The first-order valence-electron chi connectivity index (χ1n) is 7.74. The number of rotatable bonds is 4. The fourth-order valence-corrected chi connectivity index (χ4v) is 2.96. The smallest absolute Gasteiger partial charge is 0.315 e. The second-order valence-electron chi connectivity index (χ2n) is 5.68. The van der Waals surface area contributed by atoms with Crippen molar-refractivity contribution in [3.63, 3.8) is 0 Å². The Balaban J connectivity index is 2.02. The number of ether oxygens (including phenoxy) is 1. The molecular weight excluding hydrogens is 465 g/mol. The zero-order chi connectivity index (χ0) is 19.7. The monoisotopic (exact) mass is 479 g/mol. The average Bonchev–Trinajstić information content (AvgIpc) is 2.91. The Kier molecular flexibility index (Phi) is 5.13. The molecule has 1 amide bonds. The maximum absolute atomic E-state index is 12.8. The van der Waals surface area contributed by atoms with Crippen LogP contribution in [0.5, 0.6) is 11.5 Å². The number of carbonyl (C=O) groups is 1. The van der Waals surface area contributed by atoms with Gasteiger partial charge in [0.25, 0.3) is 5.91 Å². The molecule has 0 fully saturated rings. The number of benzene rings is 2. The van der Waals surface area contributed by atoms with E-state index in [0.717, 1.165) is 3.57 Å². The second kappa shape index (κ2) is 7.35. The number of phenols is 1. The molecule has 1 aliphatic rings. The van der Waals surface area contributed by atoms with Gasteiger partial charge in [-0.1, -0.05) is 0 Å². The van der Waals surface area contributed by atoms with E-state index in [-0.39, 0.29) is 11.7 Å². The summed E-state index contributed by atoms with van der Waals surface area (Å²) in [5, 5.41) is 26.6. The molecule has 0 aromatic heterocycles. The van der Waals surface area contributed by atoms with E-state index in [0.29, 0.717) is 22.5 Å². The average molecular weight is 479 g/mol. The minimum atomic E-state index is -0.713. The maximum atomic E-state index is 12.8. The molecule has 3 rings (SSSR count). The number of carbonyl (C=O) groups excluding carboxylic acids is 1. The molecule has 1 aliphatic heterocycles. The minimum absolute atomic E-state index is 0.0504. The minimum Gasteiger partial charge on any atom is -0.500 e. The normalized spacial score (nSPS) is 15.2. The van der Waals surface area contributed by atoms with Crippen LogP contribution in [0, 0.1) is 13.7 Å². The van der Waals surface area contributed by atoms with E-state index < -0.39 is 16.4 Å². The number of aromatic hydroxyl groups is 1. The van der Waals surface area contributed by atoms with E-state index >= 15 is 0 Å². The van der Waals surface area contributed by atoms with Crippen LogP contribution in [-0.4, -0.2) is 28.8 Å². The van der Waals surface area contributed by atoms with Crippen LogP contribution in [0.1, 0.15) is 12.5 Å². The fourth-order valence-electron chi connectivity index (χ4n) is 2.60. The molecule has 1 N–H and O–H groups in total. The van der Waals surface area contributed by atoms with E-state index in [1.54, 1.807) is 19.1 Å². The van der Waals surface area contributed by atoms with Crippen LogP contribution in [0.3, 0.4) is 0 Å². The van der Waals surface area contributed by atoms with E-state index in [2.05, 4.69) is 27.7 Å². The zero-order valence-corrected chi connectivity index (χ0v) is 16.5. The Labute approximate surface area is 168 Å². The van der Waals surface area contributed by atoms with Gasteiger partial charge in [-0.15, -0.1) is 0 Å². The molecule has 0 saturated heterocycles. The molecule has 1 heterocycles. The standard InChI is InChI=1S/C18H14IN3O5/c1-10-14(18(24)21(20-10)13-5-3-12(19)4-6-13)7-11-8-15(22(25)26)17(23)16(9-11)27-2/h3-9,23H,1-2H3. The first-order valence-corrected chi connectivity index (χ1v) is 8.82. The summed E-state index contributed by atoms with van der Waals surface area (Å²) < 4.78 is 6.02. The van der Waals surface area contributed by atoms with Gasteiger partial charge >= 0.3 is 5.69 Å². The van der Waals surface area contributed by atoms with Crippen LogP contribution >= 0.6 is 22.6 Å². The summed E-state index contributed by atoms with van der Waals surface area (Å²) >= 11 is 2.17. The predicted molar refractivity (Wildman–Crippen MR) is 109 cm³/mol. The van der Waals surface area contributed by atoms with Gasteiger partial charge in [-0.05, 0) is 71.5 Å². The molecule has 27 heavy (non-hydrogen) atoms. The van der Waals surface area contributed by atoms with Crippen molar-refractivity contribution in [3.8, 4) is 11.5 Å². The summed E-state index contributed by atoms with van der Waals surface area (Å²) in [6.45, 7) is 1.68. The number of methoxy groups -OCH3 is 1. The van der Waals surface area contributed by atoms with Crippen LogP contribution in [0.2, 0.25) is 0 Å². The Morgan fingerprint density at radius 2 is 1.96 bits per heavy atom. The zero-order valence-electron chi connectivity index (χ0n) is 14.3.